The molecule has 66 valence electrons. The van der Waals surface area contributed by atoms with Gasteiger partial charge < -0.3 is 9.84 Å². The molecule has 1 N–H and O–H groups in total. The van der Waals surface area contributed by atoms with E-state index in [1.807, 2.05) is 0 Å². The zero-order valence-corrected chi connectivity index (χ0v) is 6.75. The van der Waals surface area contributed by atoms with Crippen LogP contribution in [0.3, 0.4) is 0 Å². The Kier molecular flexibility index (Phi) is 7.09. The maximum absolute atomic E-state index is 10.3. The third-order valence-electron chi connectivity index (χ3n) is 2.29. The van der Waals surface area contributed by atoms with E-state index in [4.69, 9.17) is 9.84 Å². The van der Waals surface area contributed by atoms with Crippen LogP contribution in [0.5, 0.6) is 0 Å². The molecule has 1 fully saturated rings. The molecule has 1 aliphatic carbocycles. The molecule has 0 aliphatic heterocycles. The van der Waals surface area contributed by atoms with Crippen molar-refractivity contribution in [2.24, 2.45) is 5.92 Å². The van der Waals surface area contributed by atoms with Crippen molar-refractivity contribution in [3.8, 4) is 0 Å². The van der Waals surface area contributed by atoms with Gasteiger partial charge in [-0.3, -0.25) is 4.79 Å². The normalized spacial score (nSPS) is 28.1. The molecule has 0 amide bonds. The Morgan fingerprint density at radius 2 is 2.25 bits per heavy atom. The minimum atomic E-state index is -0.688. The van der Waals surface area contributed by atoms with E-state index in [9.17, 15) is 4.79 Å². The van der Waals surface area contributed by atoms with Gasteiger partial charge in [-0.15, -0.1) is 0 Å². The molecule has 0 radical (unpaired) electrons. The SMILES string of the molecule is CO[C@H]1CC[C@H](CC(=O)O)C1.[KH]. The second-order valence-corrected chi connectivity index (χ2v) is 3.13. The van der Waals surface area contributed by atoms with Gasteiger partial charge in [0.15, 0.2) is 0 Å². The van der Waals surface area contributed by atoms with Gasteiger partial charge in [0.25, 0.3) is 0 Å². The Morgan fingerprint density at radius 3 is 2.67 bits per heavy atom. The summed E-state index contributed by atoms with van der Waals surface area (Å²) in [6, 6.07) is 0. The molecule has 1 aliphatic rings. The van der Waals surface area contributed by atoms with E-state index >= 15 is 0 Å². The van der Waals surface area contributed by atoms with Gasteiger partial charge in [-0.05, 0) is 25.2 Å². The van der Waals surface area contributed by atoms with Crippen LogP contribution in [-0.2, 0) is 9.53 Å². The molecule has 0 aromatic rings. The Bertz CT molecular complexity index is 149. The summed E-state index contributed by atoms with van der Waals surface area (Å²) in [7, 11) is 1.69. The van der Waals surface area contributed by atoms with Crippen LogP contribution >= 0.6 is 0 Å². The van der Waals surface area contributed by atoms with Gasteiger partial charge in [-0.25, -0.2) is 0 Å². The molecular formula is C8H15KO3. The van der Waals surface area contributed by atoms with E-state index in [1.54, 1.807) is 7.11 Å². The van der Waals surface area contributed by atoms with Gasteiger partial charge in [0.1, 0.15) is 0 Å². The summed E-state index contributed by atoms with van der Waals surface area (Å²) in [5.41, 5.74) is 0. The molecule has 0 spiro atoms. The molecule has 12 heavy (non-hydrogen) atoms. The van der Waals surface area contributed by atoms with Crippen LogP contribution in [0.4, 0.5) is 0 Å². The Labute approximate surface area is 115 Å². The van der Waals surface area contributed by atoms with Crippen LogP contribution in [0, 0.1) is 5.92 Å². The van der Waals surface area contributed by atoms with Crippen molar-refractivity contribution >= 4 is 57.4 Å². The van der Waals surface area contributed by atoms with Gasteiger partial charge in [0.2, 0.25) is 0 Å². The first kappa shape index (κ1) is 13.1. The number of methoxy groups -OCH3 is 1. The predicted molar refractivity (Wildman–Crippen MR) is 47.5 cm³/mol. The zero-order valence-electron chi connectivity index (χ0n) is 6.75. The van der Waals surface area contributed by atoms with Gasteiger partial charge in [0.05, 0.1) is 6.10 Å². The van der Waals surface area contributed by atoms with E-state index in [-0.39, 0.29) is 51.4 Å². The summed E-state index contributed by atoms with van der Waals surface area (Å²) in [6.45, 7) is 0. The third kappa shape index (κ3) is 4.34. The van der Waals surface area contributed by atoms with Gasteiger partial charge in [-0.1, -0.05) is 0 Å². The Balaban J connectivity index is 0.00000121. The van der Waals surface area contributed by atoms with Crippen molar-refractivity contribution < 1.29 is 14.6 Å². The quantitative estimate of drug-likeness (QED) is 0.677. The summed E-state index contributed by atoms with van der Waals surface area (Å²) in [6.07, 6.45) is 3.56. The van der Waals surface area contributed by atoms with E-state index in [0.29, 0.717) is 18.4 Å². The fourth-order valence-corrected chi connectivity index (χ4v) is 1.68. The molecule has 4 heteroatoms. The number of aliphatic carboxylic acids is 1. The average molecular weight is 198 g/mol. The maximum atomic E-state index is 10.3. The number of carboxylic acid groups (broad SMARTS) is 1. The molecular weight excluding hydrogens is 183 g/mol. The van der Waals surface area contributed by atoms with Crippen LogP contribution in [-0.4, -0.2) is 75.7 Å². The van der Waals surface area contributed by atoms with Gasteiger partial charge in [0, 0.05) is 13.5 Å². The summed E-state index contributed by atoms with van der Waals surface area (Å²) in [4.78, 5) is 10.3. The van der Waals surface area contributed by atoms with Crippen molar-refractivity contribution in [1.29, 1.82) is 0 Å². The van der Waals surface area contributed by atoms with Crippen molar-refractivity contribution in [2.75, 3.05) is 7.11 Å². The average Bonchev–Trinajstić information content (AvgIpc) is 2.34. The van der Waals surface area contributed by atoms with E-state index in [1.165, 1.54) is 0 Å². The van der Waals surface area contributed by atoms with Crippen LogP contribution in [0.15, 0.2) is 0 Å². The third-order valence-corrected chi connectivity index (χ3v) is 2.29. The predicted octanol–water partition coefficient (Wildman–Crippen LogP) is 0.628. The summed E-state index contributed by atoms with van der Waals surface area (Å²) in [5, 5.41) is 8.49. The van der Waals surface area contributed by atoms with E-state index in [0.717, 1.165) is 19.3 Å². The van der Waals surface area contributed by atoms with E-state index in [2.05, 4.69) is 0 Å². The van der Waals surface area contributed by atoms with E-state index < -0.39 is 5.97 Å². The minimum absolute atomic E-state index is 0. The number of carboxylic acids is 1. The molecule has 0 unspecified atom stereocenters. The number of hydrogen-bond acceptors (Lipinski definition) is 2. The number of ether oxygens (including phenoxy) is 1. The fourth-order valence-electron chi connectivity index (χ4n) is 1.68. The summed E-state index contributed by atoms with van der Waals surface area (Å²) < 4.78 is 5.13. The molecule has 0 aromatic heterocycles. The molecule has 0 aromatic carbocycles. The number of hydrogen-bond donors (Lipinski definition) is 1. The van der Waals surface area contributed by atoms with Crippen LogP contribution in [0.25, 0.3) is 0 Å². The zero-order chi connectivity index (χ0) is 8.27. The van der Waals surface area contributed by atoms with Crippen LogP contribution < -0.4 is 0 Å². The van der Waals surface area contributed by atoms with Crippen molar-refractivity contribution in [2.45, 2.75) is 31.8 Å². The molecule has 1 rings (SSSR count). The fraction of sp³-hybridized carbons (Fsp3) is 0.875. The molecule has 3 nitrogen and oxygen atoms in total. The summed E-state index contributed by atoms with van der Waals surface area (Å²) in [5.74, 6) is -0.343. The van der Waals surface area contributed by atoms with Gasteiger partial charge >= 0.3 is 57.4 Å². The van der Waals surface area contributed by atoms with Crippen molar-refractivity contribution in [3.05, 3.63) is 0 Å². The monoisotopic (exact) mass is 198 g/mol. The Morgan fingerprint density at radius 1 is 1.58 bits per heavy atom. The molecule has 0 bridgehead atoms. The first-order valence-electron chi connectivity index (χ1n) is 3.97. The number of carbonyl (C=O) groups is 1. The van der Waals surface area contributed by atoms with Crippen molar-refractivity contribution in [1.82, 2.24) is 0 Å². The van der Waals surface area contributed by atoms with Gasteiger partial charge in [-0.2, -0.15) is 0 Å². The molecule has 0 heterocycles. The molecule has 1 saturated carbocycles. The second-order valence-electron chi connectivity index (χ2n) is 3.13. The standard InChI is InChI=1S/C8H14O3.K.H/c1-11-7-3-2-6(4-7)5-8(9)10;;/h6-7H,2-5H2,1H3,(H,9,10);;/t6-,7-;;/m0../s1. The molecule has 2 atom stereocenters. The first-order valence-corrected chi connectivity index (χ1v) is 3.97. The topological polar surface area (TPSA) is 46.5 Å². The van der Waals surface area contributed by atoms with Crippen LogP contribution in [0.2, 0.25) is 0 Å². The molecule has 0 saturated heterocycles. The first-order chi connectivity index (χ1) is 5.22. The summed E-state index contributed by atoms with van der Waals surface area (Å²) >= 11 is 0. The Hall–Kier alpha value is 1.07. The number of rotatable bonds is 3. The second kappa shape index (κ2) is 6.51. The van der Waals surface area contributed by atoms with Crippen molar-refractivity contribution in [3.63, 3.8) is 0 Å². The van der Waals surface area contributed by atoms with Crippen LogP contribution in [0.1, 0.15) is 25.7 Å².